The van der Waals surface area contributed by atoms with Gasteiger partial charge in [-0.3, -0.25) is 4.68 Å². The van der Waals surface area contributed by atoms with Crippen molar-refractivity contribution in [1.29, 1.82) is 0 Å². The van der Waals surface area contributed by atoms with Crippen LogP contribution < -0.4 is 5.32 Å². The third-order valence-electron chi connectivity index (χ3n) is 2.33. The first-order valence-electron chi connectivity index (χ1n) is 5.20. The number of aromatic hydroxyl groups is 1. The SMILES string of the molecule is Cl.Cn1cc(CNCc2cccc(O)c2)cn1. The lowest BCUT2D eigenvalue weighted by molar-refractivity contribution is 0.474. The number of phenolic OH excluding ortho intramolecular Hbond substituents is 1. The van der Waals surface area contributed by atoms with Crippen LogP contribution >= 0.6 is 12.4 Å². The minimum absolute atomic E-state index is 0. The fraction of sp³-hybridized carbons (Fsp3) is 0.250. The largest absolute Gasteiger partial charge is 0.508 e. The monoisotopic (exact) mass is 253 g/mol. The molecule has 0 saturated heterocycles. The lowest BCUT2D eigenvalue weighted by atomic mass is 10.2. The molecule has 1 heterocycles. The summed E-state index contributed by atoms with van der Waals surface area (Å²) < 4.78 is 1.78. The molecule has 2 rings (SSSR count). The van der Waals surface area contributed by atoms with Crippen molar-refractivity contribution in [2.45, 2.75) is 13.1 Å². The van der Waals surface area contributed by atoms with Crippen LogP contribution in [0.3, 0.4) is 0 Å². The first kappa shape index (κ1) is 13.5. The van der Waals surface area contributed by atoms with Gasteiger partial charge in [-0.05, 0) is 17.7 Å². The van der Waals surface area contributed by atoms with Gasteiger partial charge in [0.05, 0.1) is 6.20 Å². The standard InChI is InChI=1S/C12H15N3O.ClH/c1-15-9-11(8-14-15)7-13-6-10-3-2-4-12(16)5-10;/h2-5,8-9,13,16H,6-7H2,1H3;1H. The zero-order chi connectivity index (χ0) is 11.4. The summed E-state index contributed by atoms with van der Waals surface area (Å²) in [5.74, 6) is 0.306. The molecule has 0 spiro atoms. The molecule has 2 N–H and O–H groups in total. The third-order valence-corrected chi connectivity index (χ3v) is 2.33. The lowest BCUT2D eigenvalue weighted by Gasteiger charge is -2.03. The van der Waals surface area contributed by atoms with Crippen molar-refractivity contribution in [1.82, 2.24) is 15.1 Å². The Morgan fingerprint density at radius 1 is 1.29 bits per heavy atom. The average Bonchev–Trinajstić information content (AvgIpc) is 2.64. The van der Waals surface area contributed by atoms with Gasteiger partial charge in [-0.2, -0.15) is 5.10 Å². The van der Waals surface area contributed by atoms with E-state index >= 15 is 0 Å². The van der Waals surface area contributed by atoms with Crippen LogP contribution in [0.2, 0.25) is 0 Å². The summed E-state index contributed by atoms with van der Waals surface area (Å²) in [5, 5.41) is 16.7. The van der Waals surface area contributed by atoms with Gasteiger partial charge in [0, 0.05) is 31.9 Å². The van der Waals surface area contributed by atoms with Gasteiger partial charge in [0.25, 0.3) is 0 Å². The van der Waals surface area contributed by atoms with E-state index in [1.807, 2.05) is 31.6 Å². The van der Waals surface area contributed by atoms with Crippen molar-refractivity contribution < 1.29 is 5.11 Å². The van der Waals surface area contributed by atoms with Crippen LogP contribution in [0.25, 0.3) is 0 Å². The summed E-state index contributed by atoms with van der Waals surface area (Å²) in [4.78, 5) is 0. The van der Waals surface area contributed by atoms with Gasteiger partial charge in [0.2, 0.25) is 0 Å². The van der Waals surface area contributed by atoms with Crippen molar-refractivity contribution in [3.63, 3.8) is 0 Å². The van der Waals surface area contributed by atoms with Crippen molar-refractivity contribution in [2.24, 2.45) is 7.05 Å². The van der Waals surface area contributed by atoms with Crippen LogP contribution in [0.5, 0.6) is 5.75 Å². The number of aromatic nitrogens is 2. The van der Waals surface area contributed by atoms with Crippen molar-refractivity contribution in [2.75, 3.05) is 0 Å². The zero-order valence-corrected chi connectivity index (χ0v) is 10.4. The highest BCUT2D eigenvalue weighted by atomic mass is 35.5. The number of nitrogens with zero attached hydrogens (tertiary/aromatic N) is 2. The minimum Gasteiger partial charge on any atom is -0.508 e. The highest BCUT2D eigenvalue weighted by Gasteiger charge is 1.97. The topological polar surface area (TPSA) is 50.1 Å². The van der Waals surface area contributed by atoms with Crippen molar-refractivity contribution in [3.05, 3.63) is 47.8 Å². The van der Waals surface area contributed by atoms with Gasteiger partial charge in [-0.1, -0.05) is 12.1 Å². The molecule has 1 aromatic carbocycles. The molecule has 0 aliphatic carbocycles. The highest BCUT2D eigenvalue weighted by molar-refractivity contribution is 5.85. The number of halogens is 1. The van der Waals surface area contributed by atoms with Gasteiger partial charge in [-0.15, -0.1) is 12.4 Å². The Hall–Kier alpha value is -1.52. The molecule has 92 valence electrons. The lowest BCUT2D eigenvalue weighted by Crippen LogP contribution is -2.12. The molecular weight excluding hydrogens is 238 g/mol. The summed E-state index contributed by atoms with van der Waals surface area (Å²) in [6, 6.07) is 7.26. The van der Waals surface area contributed by atoms with Crippen LogP contribution in [0.4, 0.5) is 0 Å². The van der Waals surface area contributed by atoms with E-state index in [-0.39, 0.29) is 12.4 Å². The summed E-state index contributed by atoms with van der Waals surface area (Å²) in [6.07, 6.45) is 3.82. The Kier molecular flexibility index (Phi) is 5.00. The molecular formula is C12H16ClN3O. The van der Waals surface area contributed by atoms with Gasteiger partial charge in [0.1, 0.15) is 5.75 Å². The first-order chi connectivity index (χ1) is 7.74. The highest BCUT2D eigenvalue weighted by Crippen LogP contribution is 2.10. The van der Waals surface area contributed by atoms with Crippen LogP contribution in [0, 0.1) is 0 Å². The molecule has 4 nitrogen and oxygen atoms in total. The second kappa shape index (κ2) is 6.27. The molecule has 2 aromatic rings. The Morgan fingerprint density at radius 3 is 2.71 bits per heavy atom. The second-order valence-electron chi connectivity index (χ2n) is 3.80. The summed E-state index contributed by atoms with van der Waals surface area (Å²) >= 11 is 0. The molecule has 0 amide bonds. The van der Waals surface area contributed by atoms with E-state index in [0.717, 1.165) is 24.2 Å². The maximum absolute atomic E-state index is 9.29. The minimum atomic E-state index is 0. The summed E-state index contributed by atoms with van der Waals surface area (Å²) in [6.45, 7) is 1.52. The van der Waals surface area contributed by atoms with Crippen LogP contribution in [0.1, 0.15) is 11.1 Å². The predicted molar refractivity (Wildman–Crippen MR) is 69.1 cm³/mol. The van der Waals surface area contributed by atoms with Crippen molar-refractivity contribution in [3.8, 4) is 5.75 Å². The molecule has 1 aromatic heterocycles. The average molecular weight is 254 g/mol. The third kappa shape index (κ3) is 4.09. The molecule has 0 bridgehead atoms. The van der Waals surface area contributed by atoms with E-state index in [4.69, 9.17) is 0 Å². The van der Waals surface area contributed by atoms with Crippen LogP contribution in [-0.4, -0.2) is 14.9 Å². The quantitative estimate of drug-likeness (QED) is 0.874. The van der Waals surface area contributed by atoms with Gasteiger partial charge in [-0.25, -0.2) is 0 Å². The van der Waals surface area contributed by atoms with Crippen molar-refractivity contribution >= 4 is 12.4 Å². The predicted octanol–water partition coefficient (Wildman–Crippen LogP) is 1.84. The maximum atomic E-state index is 9.29. The number of benzene rings is 1. The molecule has 17 heavy (non-hydrogen) atoms. The maximum Gasteiger partial charge on any atom is 0.115 e. The van der Waals surface area contributed by atoms with E-state index in [0.29, 0.717) is 5.75 Å². The van der Waals surface area contributed by atoms with E-state index in [1.54, 1.807) is 16.8 Å². The van der Waals surface area contributed by atoms with Gasteiger partial charge >= 0.3 is 0 Å². The summed E-state index contributed by atoms with van der Waals surface area (Å²) in [5.41, 5.74) is 2.23. The number of nitrogens with one attached hydrogen (secondary N) is 1. The Labute approximate surface area is 107 Å². The van der Waals surface area contributed by atoms with Crippen LogP contribution in [0.15, 0.2) is 36.7 Å². The molecule has 0 aliphatic heterocycles. The molecule has 0 fully saturated rings. The molecule has 0 saturated carbocycles. The van der Waals surface area contributed by atoms with Gasteiger partial charge < -0.3 is 10.4 Å². The molecule has 5 heteroatoms. The molecule has 0 aliphatic rings. The number of aryl methyl sites for hydroxylation is 1. The fourth-order valence-corrected chi connectivity index (χ4v) is 1.58. The van der Waals surface area contributed by atoms with Gasteiger partial charge in [0.15, 0.2) is 0 Å². The Balaban J connectivity index is 0.00000144. The summed E-state index contributed by atoms with van der Waals surface area (Å²) in [7, 11) is 1.90. The van der Waals surface area contributed by atoms with E-state index in [2.05, 4.69) is 10.4 Å². The Bertz CT molecular complexity index is 470. The second-order valence-corrected chi connectivity index (χ2v) is 3.80. The van der Waals surface area contributed by atoms with Crippen LogP contribution in [-0.2, 0) is 20.1 Å². The smallest absolute Gasteiger partial charge is 0.115 e. The fourth-order valence-electron chi connectivity index (χ4n) is 1.58. The molecule has 0 radical (unpaired) electrons. The number of hydrogen-bond acceptors (Lipinski definition) is 3. The normalized spacial score (nSPS) is 9.94. The number of hydrogen-bond donors (Lipinski definition) is 2. The first-order valence-corrected chi connectivity index (χ1v) is 5.20. The number of rotatable bonds is 4. The Morgan fingerprint density at radius 2 is 2.06 bits per heavy atom. The van der Waals surface area contributed by atoms with E-state index in [9.17, 15) is 5.11 Å². The van der Waals surface area contributed by atoms with E-state index in [1.165, 1.54) is 0 Å². The number of phenols is 1. The molecule has 0 unspecified atom stereocenters. The zero-order valence-electron chi connectivity index (χ0n) is 9.63. The van der Waals surface area contributed by atoms with E-state index < -0.39 is 0 Å². The molecule has 0 atom stereocenters.